The molecule has 1 fully saturated rings. The lowest BCUT2D eigenvalue weighted by atomic mass is 9.75. The number of carbonyl (C=O) groups excluding carboxylic acids is 1. The number of ether oxygens (including phenoxy) is 1. The summed E-state index contributed by atoms with van der Waals surface area (Å²) >= 11 is 0. The smallest absolute Gasteiger partial charge is 0.372 e. The van der Waals surface area contributed by atoms with E-state index in [1.807, 2.05) is 6.07 Å². The summed E-state index contributed by atoms with van der Waals surface area (Å²) in [5, 5.41) is 0.491. The first-order valence-corrected chi connectivity index (χ1v) is 10.2. The molecule has 1 aliphatic carbocycles. The molecule has 1 aromatic carbocycles. The molecule has 2 rings (SSSR count). The number of rotatable bonds is 5. The summed E-state index contributed by atoms with van der Waals surface area (Å²) in [5.74, 6) is 2.58. The average molecular weight is 334 g/mol. The van der Waals surface area contributed by atoms with Crippen LogP contribution in [-0.2, 0) is 9.30 Å². The molecule has 0 radical (unpaired) electrons. The SMILES string of the molecule is C=CP(=O)(C(=O)O[C@@H]1C[C@H](C)CC[C@H]1C(C)C)c1ccccc1. The third kappa shape index (κ3) is 3.95. The van der Waals surface area contributed by atoms with Gasteiger partial charge < -0.3 is 9.30 Å². The first-order chi connectivity index (χ1) is 10.9. The number of hydrogen-bond donors (Lipinski definition) is 0. The van der Waals surface area contributed by atoms with E-state index in [2.05, 4.69) is 27.4 Å². The van der Waals surface area contributed by atoms with E-state index >= 15 is 0 Å². The van der Waals surface area contributed by atoms with Crippen LogP contribution in [0.15, 0.2) is 42.7 Å². The summed E-state index contributed by atoms with van der Waals surface area (Å²) in [6.07, 6.45) is 2.92. The second-order valence-corrected chi connectivity index (χ2v) is 9.49. The Hall–Kier alpha value is -1.34. The van der Waals surface area contributed by atoms with E-state index in [0.29, 0.717) is 23.1 Å². The van der Waals surface area contributed by atoms with Crippen LogP contribution in [0.25, 0.3) is 0 Å². The Morgan fingerprint density at radius 1 is 1.30 bits per heavy atom. The van der Waals surface area contributed by atoms with Crippen LogP contribution in [0.4, 0.5) is 4.79 Å². The van der Waals surface area contributed by atoms with Crippen molar-refractivity contribution < 1.29 is 14.1 Å². The first-order valence-electron chi connectivity index (χ1n) is 8.38. The zero-order valence-corrected chi connectivity index (χ0v) is 15.2. The minimum absolute atomic E-state index is 0.150. The number of hydrogen-bond acceptors (Lipinski definition) is 3. The molecule has 1 aromatic rings. The monoisotopic (exact) mass is 334 g/mol. The van der Waals surface area contributed by atoms with Crippen LogP contribution >= 0.6 is 7.14 Å². The van der Waals surface area contributed by atoms with Gasteiger partial charge in [0, 0.05) is 5.30 Å². The summed E-state index contributed by atoms with van der Waals surface area (Å²) in [4.78, 5) is 12.7. The molecule has 4 heteroatoms. The minimum atomic E-state index is -3.38. The van der Waals surface area contributed by atoms with E-state index < -0.39 is 12.9 Å². The number of carbonyl (C=O) groups is 1. The van der Waals surface area contributed by atoms with Gasteiger partial charge in [0.1, 0.15) is 6.10 Å². The molecule has 23 heavy (non-hydrogen) atoms. The molecule has 0 N–H and O–H groups in total. The molecule has 4 atom stereocenters. The molecule has 0 aliphatic heterocycles. The predicted molar refractivity (Wildman–Crippen MR) is 95.5 cm³/mol. The van der Waals surface area contributed by atoms with E-state index in [-0.39, 0.29) is 6.10 Å². The maximum absolute atomic E-state index is 13.1. The van der Waals surface area contributed by atoms with Gasteiger partial charge in [0.05, 0.1) is 0 Å². The highest BCUT2D eigenvalue weighted by Gasteiger charge is 2.38. The molecular formula is C19H27O3P. The van der Waals surface area contributed by atoms with Crippen LogP contribution in [-0.4, -0.2) is 11.8 Å². The van der Waals surface area contributed by atoms with Gasteiger partial charge in [-0.3, -0.25) is 0 Å². The predicted octanol–water partition coefficient (Wildman–Crippen LogP) is 5.42. The Balaban J connectivity index is 2.21. The Morgan fingerprint density at radius 2 is 1.96 bits per heavy atom. The highest BCUT2D eigenvalue weighted by Crippen LogP contribution is 2.49. The Morgan fingerprint density at radius 3 is 2.52 bits per heavy atom. The van der Waals surface area contributed by atoms with Gasteiger partial charge in [-0.25, -0.2) is 4.79 Å². The van der Waals surface area contributed by atoms with Gasteiger partial charge in [-0.05, 0) is 36.4 Å². The fourth-order valence-corrected chi connectivity index (χ4v) is 4.87. The van der Waals surface area contributed by atoms with Gasteiger partial charge in [0.25, 0.3) is 0 Å². The van der Waals surface area contributed by atoms with Crippen molar-refractivity contribution in [3.8, 4) is 0 Å². The van der Waals surface area contributed by atoms with Gasteiger partial charge in [0.15, 0.2) is 0 Å². The van der Waals surface area contributed by atoms with Gasteiger partial charge in [0.2, 0.25) is 7.14 Å². The lowest BCUT2D eigenvalue weighted by molar-refractivity contribution is 0.0176. The van der Waals surface area contributed by atoms with Crippen molar-refractivity contribution >= 4 is 18.2 Å². The van der Waals surface area contributed by atoms with Crippen molar-refractivity contribution in [2.24, 2.45) is 17.8 Å². The van der Waals surface area contributed by atoms with E-state index in [1.165, 1.54) is 5.82 Å². The molecule has 0 spiro atoms. The van der Waals surface area contributed by atoms with Crippen molar-refractivity contribution in [1.29, 1.82) is 0 Å². The lowest BCUT2D eigenvalue weighted by Crippen LogP contribution is -2.36. The molecule has 0 bridgehead atoms. The molecule has 1 aliphatic rings. The summed E-state index contributed by atoms with van der Waals surface area (Å²) in [6, 6.07) is 8.79. The van der Waals surface area contributed by atoms with Crippen molar-refractivity contribution in [2.75, 3.05) is 0 Å². The number of benzene rings is 1. The second kappa shape index (κ2) is 7.49. The van der Waals surface area contributed by atoms with E-state index in [4.69, 9.17) is 4.74 Å². The molecule has 126 valence electrons. The Bertz CT molecular complexity index is 594. The summed E-state index contributed by atoms with van der Waals surface area (Å²) in [7, 11) is -3.38. The van der Waals surface area contributed by atoms with Crippen molar-refractivity contribution in [1.82, 2.24) is 0 Å². The Kier molecular flexibility index (Phi) is 5.86. The van der Waals surface area contributed by atoms with Crippen molar-refractivity contribution in [2.45, 2.75) is 46.1 Å². The van der Waals surface area contributed by atoms with Gasteiger partial charge in [-0.15, -0.1) is 0 Å². The summed E-state index contributed by atoms with van der Waals surface area (Å²) < 4.78 is 18.9. The minimum Gasteiger partial charge on any atom is -0.456 e. The summed E-state index contributed by atoms with van der Waals surface area (Å²) in [6.45, 7) is 10.1. The molecule has 0 aromatic heterocycles. The zero-order chi connectivity index (χ0) is 17.0. The highest BCUT2D eigenvalue weighted by atomic mass is 31.2. The third-order valence-electron chi connectivity index (χ3n) is 4.88. The van der Waals surface area contributed by atoms with Crippen LogP contribution in [0.2, 0.25) is 0 Å². The van der Waals surface area contributed by atoms with E-state index in [9.17, 15) is 9.36 Å². The molecule has 1 saturated carbocycles. The molecule has 0 saturated heterocycles. The maximum atomic E-state index is 13.1. The molecule has 0 amide bonds. The molecule has 0 heterocycles. The highest BCUT2D eigenvalue weighted by molar-refractivity contribution is 7.88. The van der Waals surface area contributed by atoms with Gasteiger partial charge in [-0.2, -0.15) is 0 Å². The fraction of sp³-hybridized carbons (Fsp3) is 0.526. The molecule has 3 nitrogen and oxygen atoms in total. The normalized spacial score (nSPS) is 27.2. The Labute approximate surface area is 139 Å². The van der Waals surface area contributed by atoms with Crippen molar-refractivity contribution in [3.05, 3.63) is 42.7 Å². The second-order valence-electron chi connectivity index (χ2n) is 6.92. The van der Waals surface area contributed by atoms with Crippen LogP contribution < -0.4 is 5.30 Å². The average Bonchev–Trinajstić information content (AvgIpc) is 2.54. The van der Waals surface area contributed by atoms with Crippen LogP contribution in [0.5, 0.6) is 0 Å². The third-order valence-corrected chi connectivity index (χ3v) is 7.11. The largest absolute Gasteiger partial charge is 0.456 e. The van der Waals surface area contributed by atoms with E-state index in [1.54, 1.807) is 24.3 Å². The van der Waals surface area contributed by atoms with Crippen LogP contribution in [0.3, 0.4) is 0 Å². The lowest BCUT2D eigenvalue weighted by Gasteiger charge is -2.37. The summed E-state index contributed by atoms with van der Waals surface area (Å²) in [5.41, 5.74) is -0.622. The van der Waals surface area contributed by atoms with Crippen LogP contribution in [0.1, 0.15) is 40.0 Å². The van der Waals surface area contributed by atoms with Gasteiger partial charge in [-0.1, -0.05) is 64.1 Å². The standard InChI is InChI=1S/C19H27O3P/c1-5-23(21,16-9-7-6-8-10-16)19(20)22-18-13-15(4)11-12-17(18)14(2)3/h5-10,14-15,17-18H,1,11-13H2,2-4H3/t15-,17+,18-,23?/m1/s1. The maximum Gasteiger partial charge on any atom is 0.372 e. The van der Waals surface area contributed by atoms with Gasteiger partial charge >= 0.3 is 5.71 Å². The van der Waals surface area contributed by atoms with Crippen LogP contribution in [0, 0.1) is 17.8 Å². The topological polar surface area (TPSA) is 43.4 Å². The molecular weight excluding hydrogens is 307 g/mol. The quantitative estimate of drug-likeness (QED) is 0.676. The molecule has 1 unspecified atom stereocenters. The fourth-order valence-electron chi connectivity index (χ4n) is 3.39. The van der Waals surface area contributed by atoms with Crippen molar-refractivity contribution in [3.63, 3.8) is 0 Å². The first kappa shape index (κ1) is 18.0. The van der Waals surface area contributed by atoms with E-state index in [0.717, 1.165) is 19.3 Å². The zero-order valence-electron chi connectivity index (χ0n) is 14.3.